The number of benzene rings is 1. The zero-order valence-electron chi connectivity index (χ0n) is 16.5. The van der Waals surface area contributed by atoms with Crippen molar-refractivity contribution in [2.75, 3.05) is 18.1 Å². The molecule has 2 atom stereocenters. The van der Waals surface area contributed by atoms with Crippen LogP contribution in [0.15, 0.2) is 36.9 Å². The number of hydrogen-bond acceptors (Lipinski definition) is 6. The van der Waals surface area contributed by atoms with E-state index >= 15 is 0 Å². The van der Waals surface area contributed by atoms with E-state index in [9.17, 15) is 9.90 Å². The Labute approximate surface area is 184 Å². The highest BCUT2D eigenvalue weighted by atomic mass is 35.5. The maximum Gasteiger partial charge on any atom is 0.331 e. The van der Waals surface area contributed by atoms with Crippen molar-refractivity contribution in [1.29, 1.82) is 0 Å². The molecule has 3 heterocycles. The van der Waals surface area contributed by atoms with Gasteiger partial charge in [0.1, 0.15) is 5.82 Å². The first-order valence-corrected chi connectivity index (χ1v) is 10.6. The number of hydrogen-bond donors (Lipinski definition) is 1. The predicted molar refractivity (Wildman–Crippen MR) is 117 cm³/mol. The topological polar surface area (TPSA) is 80.5 Å². The van der Waals surface area contributed by atoms with Crippen LogP contribution in [-0.4, -0.2) is 50.9 Å². The lowest BCUT2D eigenvalue weighted by atomic mass is 10.1. The second-order valence-electron chi connectivity index (χ2n) is 7.24. The molecule has 4 rings (SSSR count). The molecular formula is C21H22Cl2N4O3. The molecule has 0 bridgehead atoms. The SMILES string of the molecule is CCCCOC(=O)[C@@H]1[C@@H](O)CCN1c1cc(-n2ccnc2)c2ccc(Cl)c(Cl)c2n1. The molecule has 0 saturated carbocycles. The summed E-state index contributed by atoms with van der Waals surface area (Å²) in [4.78, 5) is 23.3. The summed E-state index contributed by atoms with van der Waals surface area (Å²) in [6.07, 6.45) is 6.48. The van der Waals surface area contributed by atoms with Gasteiger partial charge in [-0.3, -0.25) is 0 Å². The highest BCUT2D eigenvalue weighted by Gasteiger charge is 2.40. The molecule has 3 aromatic rings. The van der Waals surface area contributed by atoms with Crippen molar-refractivity contribution in [3.05, 3.63) is 47.0 Å². The lowest BCUT2D eigenvalue weighted by Crippen LogP contribution is -2.43. The summed E-state index contributed by atoms with van der Waals surface area (Å²) in [5.41, 5.74) is 1.32. The summed E-state index contributed by atoms with van der Waals surface area (Å²) in [5, 5.41) is 12.0. The molecule has 1 aromatic carbocycles. The molecule has 0 radical (unpaired) electrons. The molecule has 1 aliphatic heterocycles. The summed E-state index contributed by atoms with van der Waals surface area (Å²) in [7, 11) is 0. The summed E-state index contributed by atoms with van der Waals surface area (Å²) in [6.45, 7) is 2.82. The number of esters is 1. The molecule has 9 heteroatoms. The van der Waals surface area contributed by atoms with Crippen LogP contribution in [0.25, 0.3) is 16.6 Å². The van der Waals surface area contributed by atoms with Gasteiger partial charge in [0, 0.05) is 30.4 Å². The monoisotopic (exact) mass is 448 g/mol. The van der Waals surface area contributed by atoms with Crippen molar-refractivity contribution in [1.82, 2.24) is 14.5 Å². The number of carbonyl (C=O) groups is 1. The number of rotatable bonds is 6. The summed E-state index contributed by atoms with van der Waals surface area (Å²) >= 11 is 12.7. The molecule has 7 nitrogen and oxygen atoms in total. The standard InChI is InChI=1S/C21H22Cl2N4O3/c1-2-3-10-30-21(29)20-16(28)6-8-27(20)17-11-15(26-9-7-24-12-26)13-4-5-14(22)18(23)19(13)25-17/h4-5,7,9,11-12,16,20,28H,2-3,6,8,10H2,1H3/t16-,20-/m0/s1. The number of unbranched alkanes of at least 4 members (excludes halogenated alkanes) is 1. The molecule has 0 amide bonds. The predicted octanol–water partition coefficient (Wildman–Crippen LogP) is 4.01. The minimum absolute atomic E-state index is 0.333. The van der Waals surface area contributed by atoms with Gasteiger partial charge in [-0.05, 0) is 25.0 Å². The molecule has 158 valence electrons. The molecule has 0 spiro atoms. The number of pyridine rings is 1. The van der Waals surface area contributed by atoms with Gasteiger partial charge in [-0.25, -0.2) is 14.8 Å². The Bertz CT molecular complexity index is 1060. The maximum absolute atomic E-state index is 12.7. The van der Waals surface area contributed by atoms with Crippen LogP contribution in [-0.2, 0) is 9.53 Å². The molecule has 0 aliphatic carbocycles. The summed E-state index contributed by atoms with van der Waals surface area (Å²) in [5.74, 6) is 0.0704. The van der Waals surface area contributed by atoms with Crippen LogP contribution < -0.4 is 4.90 Å². The maximum atomic E-state index is 12.7. The summed E-state index contributed by atoms with van der Waals surface area (Å²) < 4.78 is 7.24. The number of aromatic nitrogens is 3. The van der Waals surface area contributed by atoms with Gasteiger partial charge in [0.05, 0.1) is 40.3 Å². The molecule has 1 N–H and O–H groups in total. The average Bonchev–Trinajstić information content (AvgIpc) is 3.40. The molecule has 1 fully saturated rings. The third-order valence-corrected chi connectivity index (χ3v) is 6.06. The van der Waals surface area contributed by atoms with E-state index in [0.29, 0.717) is 41.0 Å². The first-order valence-electron chi connectivity index (χ1n) is 9.89. The van der Waals surface area contributed by atoms with E-state index in [0.717, 1.165) is 23.9 Å². The van der Waals surface area contributed by atoms with E-state index in [-0.39, 0.29) is 0 Å². The number of anilines is 1. The number of aliphatic hydroxyl groups excluding tert-OH is 1. The molecule has 1 saturated heterocycles. The smallest absolute Gasteiger partial charge is 0.331 e. The van der Waals surface area contributed by atoms with Gasteiger partial charge in [0.2, 0.25) is 0 Å². The number of nitrogens with zero attached hydrogens (tertiary/aromatic N) is 4. The van der Waals surface area contributed by atoms with Crippen LogP contribution in [0.1, 0.15) is 26.2 Å². The third kappa shape index (κ3) is 3.85. The van der Waals surface area contributed by atoms with E-state index in [1.807, 2.05) is 29.8 Å². The van der Waals surface area contributed by atoms with E-state index in [2.05, 4.69) is 4.98 Å². The van der Waals surface area contributed by atoms with E-state index in [4.69, 9.17) is 32.9 Å². The number of fused-ring (bicyclic) bond motifs is 1. The molecule has 1 aliphatic rings. The number of aliphatic hydroxyl groups is 1. The van der Waals surface area contributed by atoms with Gasteiger partial charge < -0.3 is 19.3 Å². The number of ether oxygens (including phenoxy) is 1. The first kappa shape index (κ1) is 20.9. The van der Waals surface area contributed by atoms with Gasteiger partial charge in [-0.2, -0.15) is 0 Å². The van der Waals surface area contributed by atoms with Crippen molar-refractivity contribution in [2.45, 2.75) is 38.3 Å². The molecule has 2 aromatic heterocycles. The van der Waals surface area contributed by atoms with Crippen molar-refractivity contribution in [3.8, 4) is 5.69 Å². The number of carbonyl (C=O) groups excluding carboxylic acids is 1. The van der Waals surface area contributed by atoms with Crippen LogP contribution in [0, 0.1) is 0 Å². The van der Waals surface area contributed by atoms with Crippen molar-refractivity contribution in [2.24, 2.45) is 0 Å². The number of halogens is 2. The highest BCUT2D eigenvalue weighted by Crippen LogP contribution is 2.36. The number of imidazole rings is 1. The van der Waals surface area contributed by atoms with Gasteiger partial charge >= 0.3 is 5.97 Å². The minimum Gasteiger partial charge on any atom is -0.464 e. The Balaban J connectivity index is 1.80. The highest BCUT2D eigenvalue weighted by molar-refractivity contribution is 6.45. The average molecular weight is 449 g/mol. The van der Waals surface area contributed by atoms with Crippen LogP contribution in [0.4, 0.5) is 5.82 Å². The van der Waals surface area contributed by atoms with E-state index in [1.165, 1.54) is 0 Å². The van der Waals surface area contributed by atoms with Crippen molar-refractivity contribution >= 4 is 45.9 Å². The van der Waals surface area contributed by atoms with Crippen molar-refractivity contribution in [3.63, 3.8) is 0 Å². The fraction of sp³-hybridized carbons (Fsp3) is 0.381. The second kappa shape index (κ2) is 8.79. The minimum atomic E-state index is -0.830. The largest absolute Gasteiger partial charge is 0.464 e. The first-order chi connectivity index (χ1) is 14.5. The Morgan fingerprint density at radius 2 is 2.20 bits per heavy atom. The molecule has 0 unspecified atom stereocenters. The van der Waals surface area contributed by atoms with Gasteiger partial charge in [0.15, 0.2) is 6.04 Å². The van der Waals surface area contributed by atoms with Gasteiger partial charge in [-0.15, -0.1) is 0 Å². The zero-order chi connectivity index (χ0) is 21.3. The van der Waals surface area contributed by atoms with E-state index < -0.39 is 18.1 Å². The zero-order valence-corrected chi connectivity index (χ0v) is 18.0. The normalized spacial score (nSPS) is 18.9. The Kier molecular flexibility index (Phi) is 6.13. The van der Waals surface area contributed by atoms with Crippen LogP contribution in [0.3, 0.4) is 0 Å². The Morgan fingerprint density at radius 1 is 1.37 bits per heavy atom. The third-order valence-electron chi connectivity index (χ3n) is 5.26. The molecule has 30 heavy (non-hydrogen) atoms. The Morgan fingerprint density at radius 3 is 2.93 bits per heavy atom. The second-order valence-corrected chi connectivity index (χ2v) is 8.03. The van der Waals surface area contributed by atoms with Crippen LogP contribution in [0.2, 0.25) is 10.0 Å². The fourth-order valence-corrected chi connectivity index (χ4v) is 4.04. The quantitative estimate of drug-likeness (QED) is 0.453. The van der Waals surface area contributed by atoms with Crippen LogP contribution in [0.5, 0.6) is 0 Å². The summed E-state index contributed by atoms with van der Waals surface area (Å²) in [6, 6.07) is 4.62. The van der Waals surface area contributed by atoms with Crippen molar-refractivity contribution < 1.29 is 14.6 Å². The lowest BCUT2D eigenvalue weighted by Gasteiger charge is -2.26. The van der Waals surface area contributed by atoms with Gasteiger partial charge in [0.25, 0.3) is 0 Å². The Hall–Kier alpha value is -2.35. The fourth-order valence-electron chi connectivity index (χ4n) is 3.69. The molecular weight excluding hydrogens is 427 g/mol. The van der Waals surface area contributed by atoms with Gasteiger partial charge in [-0.1, -0.05) is 36.5 Å². The lowest BCUT2D eigenvalue weighted by molar-refractivity contribution is -0.147. The van der Waals surface area contributed by atoms with E-state index in [1.54, 1.807) is 23.5 Å². The van der Waals surface area contributed by atoms with Crippen LogP contribution >= 0.6 is 23.2 Å².